The lowest BCUT2D eigenvalue weighted by Crippen LogP contribution is -2.13. The minimum atomic E-state index is -4.98. The first-order valence-electron chi connectivity index (χ1n) is 11.5. The molecule has 0 aliphatic carbocycles. The first-order valence-corrected chi connectivity index (χ1v) is 13.0. The highest BCUT2D eigenvalue weighted by Gasteiger charge is 2.22. The third-order valence-electron chi connectivity index (χ3n) is 5.85. The second-order valence-electron chi connectivity index (χ2n) is 8.25. The Labute approximate surface area is 223 Å². The summed E-state index contributed by atoms with van der Waals surface area (Å²) in [4.78, 5) is 51.6. The number of hydrogen-bond donors (Lipinski definition) is 4. The van der Waals surface area contributed by atoms with Crippen molar-refractivity contribution in [2.75, 3.05) is 31.9 Å². The Hall–Kier alpha value is -4.51. The van der Waals surface area contributed by atoms with Gasteiger partial charge in [-0.1, -0.05) is 12.1 Å². The lowest BCUT2D eigenvalue weighted by molar-refractivity contribution is 0.0677. The van der Waals surface area contributed by atoms with E-state index in [0.717, 1.165) is 16.5 Å². The molecule has 0 radical (unpaired) electrons. The molecule has 4 aromatic rings. The lowest BCUT2D eigenvalue weighted by atomic mass is 9.99. The second kappa shape index (κ2) is 11.1. The van der Waals surface area contributed by atoms with Crippen LogP contribution in [0.5, 0.6) is 11.5 Å². The van der Waals surface area contributed by atoms with Crippen molar-refractivity contribution in [3.63, 3.8) is 0 Å². The van der Waals surface area contributed by atoms with E-state index in [1.54, 1.807) is 45.5 Å². The first kappa shape index (κ1) is 27.5. The zero-order valence-corrected chi connectivity index (χ0v) is 22.3. The highest BCUT2D eigenvalue weighted by atomic mass is 31.2. The Bertz CT molecular complexity index is 1620. The van der Waals surface area contributed by atoms with Gasteiger partial charge < -0.3 is 24.6 Å². The molecular weight excluding hydrogens is 527 g/mol. The number of carbonyl (C=O) groups is 2. The Morgan fingerprint density at radius 1 is 0.923 bits per heavy atom. The van der Waals surface area contributed by atoms with E-state index in [1.165, 1.54) is 24.3 Å². The average Bonchev–Trinajstić information content (AvgIpc) is 2.91. The molecule has 13 heteroatoms. The Balaban J connectivity index is 1.68. The molecule has 1 amide bonds. The van der Waals surface area contributed by atoms with E-state index < -0.39 is 19.7 Å². The summed E-state index contributed by atoms with van der Waals surface area (Å²) >= 11 is 0. The Morgan fingerprint density at radius 3 is 2.18 bits per heavy atom. The van der Waals surface area contributed by atoms with Gasteiger partial charge in [0.25, 0.3) is 5.91 Å². The molecule has 0 saturated carbocycles. The Morgan fingerprint density at radius 2 is 1.56 bits per heavy atom. The van der Waals surface area contributed by atoms with Crippen LogP contribution in [-0.4, -0.2) is 52.9 Å². The molecule has 0 atom stereocenters. The standard InChI is InChI=1S/C26H25N4O8P/c1-14-17(23-18-12-21(36-3)22(37-4)13-20(18)29-26(27-2)30-23)6-5-7-19(14)28-24(31)15-8-10-16(11-9-15)25(32)38-39(33,34)35/h5-13H,1-4H3,(H,28,31)(H,27,29,30)(H2,33,34,35). The lowest BCUT2D eigenvalue weighted by Gasteiger charge is -2.16. The van der Waals surface area contributed by atoms with E-state index in [1.807, 2.05) is 13.0 Å². The third kappa shape index (κ3) is 5.99. The van der Waals surface area contributed by atoms with Crippen LogP contribution in [0.2, 0.25) is 0 Å². The molecule has 1 aromatic heterocycles. The van der Waals surface area contributed by atoms with Gasteiger partial charge in [-0.3, -0.25) is 14.6 Å². The number of anilines is 2. The van der Waals surface area contributed by atoms with E-state index in [2.05, 4.69) is 25.1 Å². The number of nitrogens with zero attached hydrogens (tertiary/aromatic N) is 2. The number of nitrogens with one attached hydrogen (secondary N) is 2. The van der Waals surface area contributed by atoms with E-state index in [-0.39, 0.29) is 11.1 Å². The van der Waals surface area contributed by atoms with Crippen molar-refractivity contribution in [3.05, 3.63) is 71.3 Å². The van der Waals surface area contributed by atoms with Crippen LogP contribution in [0.1, 0.15) is 26.3 Å². The fourth-order valence-electron chi connectivity index (χ4n) is 3.91. The first-order chi connectivity index (χ1) is 18.5. The molecule has 0 saturated heterocycles. The number of rotatable bonds is 8. The summed E-state index contributed by atoms with van der Waals surface area (Å²) in [5.74, 6) is -0.222. The number of fused-ring (bicyclic) bond motifs is 1. The van der Waals surface area contributed by atoms with Gasteiger partial charge in [-0.2, -0.15) is 0 Å². The summed E-state index contributed by atoms with van der Waals surface area (Å²) in [6, 6.07) is 14.1. The number of benzene rings is 3. The highest BCUT2D eigenvalue weighted by molar-refractivity contribution is 7.46. The SMILES string of the molecule is CNc1nc(-c2cccc(NC(=O)c3ccc(C(=O)OP(=O)(O)O)cc3)c2C)c2cc(OC)c(OC)cc2n1. The minimum Gasteiger partial charge on any atom is -0.493 e. The molecule has 0 bridgehead atoms. The van der Waals surface area contributed by atoms with Crippen molar-refractivity contribution >= 4 is 42.2 Å². The summed E-state index contributed by atoms with van der Waals surface area (Å²) in [5, 5.41) is 6.54. The van der Waals surface area contributed by atoms with Gasteiger partial charge in [0.05, 0.1) is 31.0 Å². The van der Waals surface area contributed by atoms with Crippen LogP contribution in [0.15, 0.2) is 54.6 Å². The number of phosphoric acid groups is 1. The van der Waals surface area contributed by atoms with Crippen LogP contribution in [0.4, 0.5) is 11.6 Å². The molecule has 0 unspecified atom stereocenters. The summed E-state index contributed by atoms with van der Waals surface area (Å²) in [6.45, 7) is 1.85. The second-order valence-corrected chi connectivity index (χ2v) is 9.41. The number of aromatic nitrogens is 2. The maximum Gasteiger partial charge on any atom is 0.527 e. The van der Waals surface area contributed by atoms with Crippen LogP contribution >= 0.6 is 7.82 Å². The summed E-state index contributed by atoms with van der Waals surface area (Å²) in [6.07, 6.45) is 0. The van der Waals surface area contributed by atoms with Gasteiger partial charge in [0.1, 0.15) is 0 Å². The van der Waals surface area contributed by atoms with E-state index in [4.69, 9.17) is 19.3 Å². The number of ether oxygens (including phenoxy) is 2. The topological polar surface area (TPSA) is 169 Å². The van der Waals surface area contributed by atoms with Crippen molar-refractivity contribution in [1.82, 2.24) is 9.97 Å². The smallest absolute Gasteiger partial charge is 0.493 e. The fraction of sp³-hybridized carbons (Fsp3) is 0.154. The molecule has 12 nitrogen and oxygen atoms in total. The number of amides is 1. The van der Waals surface area contributed by atoms with E-state index >= 15 is 0 Å². The van der Waals surface area contributed by atoms with Gasteiger partial charge in [-0.05, 0) is 48.9 Å². The molecule has 0 aliphatic heterocycles. The molecule has 1 heterocycles. The van der Waals surface area contributed by atoms with Gasteiger partial charge >= 0.3 is 13.8 Å². The van der Waals surface area contributed by atoms with Crippen molar-refractivity contribution in [1.29, 1.82) is 0 Å². The third-order valence-corrected chi connectivity index (χ3v) is 6.25. The summed E-state index contributed by atoms with van der Waals surface area (Å²) in [7, 11) is -0.183. The van der Waals surface area contributed by atoms with Gasteiger partial charge in [0.2, 0.25) is 5.95 Å². The predicted molar refractivity (Wildman–Crippen MR) is 144 cm³/mol. The van der Waals surface area contributed by atoms with Gasteiger partial charge in [0, 0.05) is 35.3 Å². The van der Waals surface area contributed by atoms with Gasteiger partial charge in [-0.25, -0.2) is 19.3 Å². The number of phosphoric ester groups is 1. The van der Waals surface area contributed by atoms with Crippen molar-refractivity contribution < 1.29 is 37.9 Å². The molecular formula is C26H25N4O8P. The van der Waals surface area contributed by atoms with Gasteiger partial charge in [0.15, 0.2) is 11.5 Å². The molecule has 39 heavy (non-hydrogen) atoms. The predicted octanol–water partition coefficient (Wildman–Crippen LogP) is 4.17. The quantitative estimate of drug-likeness (QED) is 0.232. The van der Waals surface area contributed by atoms with Crippen LogP contribution in [0, 0.1) is 6.92 Å². The normalized spacial score (nSPS) is 11.1. The maximum absolute atomic E-state index is 13.0. The highest BCUT2D eigenvalue weighted by Crippen LogP contribution is 2.39. The van der Waals surface area contributed by atoms with Crippen LogP contribution in [0.3, 0.4) is 0 Å². The minimum absolute atomic E-state index is 0.115. The van der Waals surface area contributed by atoms with Crippen molar-refractivity contribution in [3.8, 4) is 22.8 Å². The average molecular weight is 552 g/mol. The molecule has 4 N–H and O–H groups in total. The van der Waals surface area contributed by atoms with Gasteiger partial charge in [-0.15, -0.1) is 0 Å². The summed E-state index contributed by atoms with van der Waals surface area (Å²) < 4.78 is 25.8. The molecule has 0 spiro atoms. The molecule has 202 valence electrons. The molecule has 0 aliphatic rings. The molecule has 3 aromatic carbocycles. The number of methoxy groups -OCH3 is 2. The van der Waals surface area contributed by atoms with Crippen LogP contribution in [0.25, 0.3) is 22.2 Å². The van der Waals surface area contributed by atoms with Crippen molar-refractivity contribution in [2.24, 2.45) is 0 Å². The zero-order valence-electron chi connectivity index (χ0n) is 21.4. The monoisotopic (exact) mass is 552 g/mol. The van der Waals surface area contributed by atoms with E-state index in [9.17, 15) is 14.2 Å². The van der Waals surface area contributed by atoms with E-state index in [0.29, 0.717) is 34.3 Å². The zero-order chi connectivity index (χ0) is 28.3. The van der Waals surface area contributed by atoms with Crippen LogP contribution in [-0.2, 0) is 9.09 Å². The van der Waals surface area contributed by atoms with Crippen molar-refractivity contribution in [2.45, 2.75) is 6.92 Å². The maximum atomic E-state index is 13.0. The van der Waals surface area contributed by atoms with Crippen LogP contribution < -0.4 is 20.1 Å². The molecule has 4 rings (SSSR count). The largest absolute Gasteiger partial charge is 0.527 e. The Kier molecular flexibility index (Phi) is 7.82. The summed E-state index contributed by atoms with van der Waals surface area (Å²) in [5.41, 5.74) is 3.37. The molecule has 0 fully saturated rings. The fourth-order valence-corrected chi connectivity index (χ4v) is 4.23. The number of hydrogen-bond acceptors (Lipinski definition) is 9. The number of carbonyl (C=O) groups excluding carboxylic acids is 2.